The minimum atomic E-state index is -0.779. The molecule has 1 aliphatic carbocycles. The molecule has 1 rings (SSSR count). The Morgan fingerprint density at radius 1 is 1.50 bits per heavy atom. The van der Waals surface area contributed by atoms with Crippen molar-refractivity contribution < 1.29 is 14.7 Å². The molecule has 0 aromatic carbocycles. The fourth-order valence-electron chi connectivity index (χ4n) is 2.02. The third-order valence-electron chi connectivity index (χ3n) is 3.34. The minimum Gasteiger partial charge on any atom is -0.409 e. The number of hydrogen-bond donors (Lipinski definition) is 3. The lowest BCUT2D eigenvalue weighted by Gasteiger charge is -2.38. The standard InChI is InChI=1S/C12H23N3O3/c1-2-8-18-9-4-7-14-11(16)12(5-3-6-12)10(13)15-17/h17H,2-9H2,1H3,(H2,13,15)(H,14,16). The highest BCUT2D eigenvalue weighted by Crippen LogP contribution is 2.41. The molecular formula is C12H23N3O3. The van der Waals surface area contributed by atoms with Crippen LogP contribution >= 0.6 is 0 Å². The Bertz CT molecular complexity index is 301. The van der Waals surface area contributed by atoms with Gasteiger partial charge in [0.2, 0.25) is 5.91 Å². The third kappa shape index (κ3) is 3.35. The Balaban J connectivity index is 2.27. The Morgan fingerprint density at radius 2 is 2.22 bits per heavy atom. The summed E-state index contributed by atoms with van der Waals surface area (Å²) in [5, 5.41) is 14.5. The van der Waals surface area contributed by atoms with E-state index in [0.717, 1.165) is 25.9 Å². The van der Waals surface area contributed by atoms with Crippen LogP contribution in [-0.2, 0) is 9.53 Å². The highest BCUT2D eigenvalue weighted by Gasteiger charge is 2.48. The number of amidine groups is 1. The lowest BCUT2D eigenvalue weighted by atomic mass is 9.67. The summed E-state index contributed by atoms with van der Waals surface area (Å²) in [7, 11) is 0. The van der Waals surface area contributed by atoms with Crippen molar-refractivity contribution in [2.75, 3.05) is 19.8 Å². The maximum absolute atomic E-state index is 12.0. The van der Waals surface area contributed by atoms with E-state index in [4.69, 9.17) is 15.7 Å². The number of carbonyl (C=O) groups is 1. The summed E-state index contributed by atoms with van der Waals surface area (Å²) < 4.78 is 5.32. The molecule has 1 saturated carbocycles. The maximum Gasteiger partial charge on any atom is 0.233 e. The van der Waals surface area contributed by atoms with Gasteiger partial charge in [-0.05, 0) is 25.7 Å². The number of amides is 1. The van der Waals surface area contributed by atoms with Crippen molar-refractivity contribution in [1.29, 1.82) is 0 Å². The van der Waals surface area contributed by atoms with Gasteiger partial charge in [-0.25, -0.2) is 0 Å². The first-order chi connectivity index (χ1) is 8.67. The van der Waals surface area contributed by atoms with Gasteiger partial charge in [0.05, 0.1) is 0 Å². The van der Waals surface area contributed by atoms with Crippen molar-refractivity contribution in [3.8, 4) is 0 Å². The molecule has 0 aliphatic heterocycles. The molecule has 0 unspecified atom stereocenters. The van der Waals surface area contributed by atoms with Crippen LogP contribution in [-0.4, -0.2) is 36.7 Å². The van der Waals surface area contributed by atoms with Crippen LogP contribution in [0.3, 0.4) is 0 Å². The Morgan fingerprint density at radius 3 is 2.72 bits per heavy atom. The molecule has 6 heteroatoms. The van der Waals surface area contributed by atoms with Crippen LogP contribution in [0.5, 0.6) is 0 Å². The number of nitrogens with one attached hydrogen (secondary N) is 1. The average Bonchev–Trinajstić information content (AvgIpc) is 2.32. The van der Waals surface area contributed by atoms with Crippen molar-refractivity contribution in [2.45, 2.75) is 39.0 Å². The zero-order valence-corrected chi connectivity index (χ0v) is 10.9. The summed E-state index contributed by atoms with van der Waals surface area (Å²) in [6.07, 6.45) is 4.02. The number of oxime groups is 1. The summed E-state index contributed by atoms with van der Waals surface area (Å²) in [4.78, 5) is 12.0. The van der Waals surface area contributed by atoms with E-state index in [1.165, 1.54) is 0 Å². The maximum atomic E-state index is 12.0. The van der Waals surface area contributed by atoms with Crippen molar-refractivity contribution in [3.05, 3.63) is 0 Å². The molecule has 0 spiro atoms. The normalized spacial score (nSPS) is 18.2. The second-order valence-electron chi connectivity index (χ2n) is 4.64. The van der Waals surface area contributed by atoms with Gasteiger partial charge in [0, 0.05) is 19.8 Å². The third-order valence-corrected chi connectivity index (χ3v) is 3.34. The first kappa shape index (κ1) is 14.8. The van der Waals surface area contributed by atoms with E-state index in [2.05, 4.69) is 17.4 Å². The van der Waals surface area contributed by atoms with Crippen LogP contribution in [0.2, 0.25) is 0 Å². The monoisotopic (exact) mass is 257 g/mol. The van der Waals surface area contributed by atoms with Crippen molar-refractivity contribution in [1.82, 2.24) is 5.32 Å². The van der Waals surface area contributed by atoms with E-state index in [1.807, 2.05) is 0 Å². The molecule has 1 aliphatic rings. The second-order valence-corrected chi connectivity index (χ2v) is 4.64. The first-order valence-electron chi connectivity index (χ1n) is 6.51. The lowest BCUT2D eigenvalue weighted by Crippen LogP contribution is -2.54. The lowest BCUT2D eigenvalue weighted by molar-refractivity contribution is -0.131. The van der Waals surface area contributed by atoms with Crippen LogP contribution in [0.25, 0.3) is 0 Å². The molecule has 0 atom stereocenters. The van der Waals surface area contributed by atoms with Gasteiger partial charge in [-0.15, -0.1) is 0 Å². The largest absolute Gasteiger partial charge is 0.409 e. The summed E-state index contributed by atoms with van der Waals surface area (Å²) in [5.74, 6) is -0.118. The zero-order chi connectivity index (χ0) is 13.4. The van der Waals surface area contributed by atoms with Crippen molar-refractivity contribution in [2.24, 2.45) is 16.3 Å². The fraction of sp³-hybridized carbons (Fsp3) is 0.833. The Hall–Kier alpha value is -1.30. The van der Waals surface area contributed by atoms with Gasteiger partial charge in [-0.1, -0.05) is 18.5 Å². The van der Waals surface area contributed by atoms with Crippen molar-refractivity contribution >= 4 is 11.7 Å². The molecule has 0 radical (unpaired) electrons. The smallest absolute Gasteiger partial charge is 0.233 e. The highest BCUT2D eigenvalue weighted by molar-refractivity contribution is 6.07. The van der Waals surface area contributed by atoms with Crippen LogP contribution in [0, 0.1) is 5.41 Å². The first-order valence-corrected chi connectivity index (χ1v) is 6.51. The topological polar surface area (TPSA) is 96.9 Å². The highest BCUT2D eigenvalue weighted by atomic mass is 16.5. The molecule has 6 nitrogen and oxygen atoms in total. The van der Waals surface area contributed by atoms with Crippen molar-refractivity contribution in [3.63, 3.8) is 0 Å². The zero-order valence-electron chi connectivity index (χ0n) is 10.9. The predicted octanol–water partition coefficient (Wildman–Crippen LogP) is 0.836. The number of carbonyl (C=O) groups excluding carboxylic acids is 1. The number of rotatable bonds is 8. The van der Waals surface area contributed by atoms with Crippen LogP contribution in [0.1, 0.15) is 39.0 Å². The summed E-state index contributed by atoms with van der Waals surface area (Å²) in [5.41, 5.74) is 4.82. The minimum absolute atomic E-state index is 0.0217. The quantitative estimate of drug-likeness (QED) is 0.197. The van der Waals surface area contributed by atoms with Gasteiger partial charge in [0.15, 0.2) is 5.84 Å². The average molecular weight is 257 g/mol. The molecule has 0 bridgehead atoms. The Kier molecular flexibility index (Phi) is 5.91. The summed E-state index contributed by atoms with van der Waals surface area (Å²) in [6.45, 7) is 4.01. The van der Waals surface area contributed by atoms with E-state index in [9.17, 15) is 4.79 Å². The van der Waals surface area contributed by atoms with Crippen LogP contribution < -0.4 is 11.1 Å². The second kappa shape index (κ2) is 7.20. The Labute approximate surface area is 108 Å². The molecule has 1 amide bonds. The molecule has 1 fully saturated rings. The summed E-state index contributed by atoms with van der Waals surface area (Å²) >= 11 is 0. The van der Waals surface area contributed by atoms with Gasteiger partial charge in [0.1, 0.15) is 5.41 Å². The van der Waals surface area contributed by atoms with E-state index in [-0.39, 0.29) is 11.7 Å². The summed E-state index contributed by atoms with van der Waals surface area (Å²) in [6, 6.07) is 0. The number of ether oxygens (including phenoxy) is 1. The molecule has 104 valence electrons. The molecule has 0 saturated heterocycles. The fourth-order valence-corrected chi connectivity index (χ4v) is 2.02. The molecule has 0 aromatic rings. The van der Waals surface area contributed by atoms with Gasteiger partial charge >= 0.3 is 0 Å². The van der Waals surface area contributed by atoms with E-state index in [0.29, 0.717) is 26.0 Å². The van der Waals surface area contributed by atoms with E-state index >= 15 is 0 Å². The van der Waals surface area contributed by atoms with Gasteiger partial charge in [-0.3, -0.25) is 4.79 Å². The van der Waals surface area contributed by atoms with Crippen LogP contribution in [0.4, 0.5) is 0 Å². The van der Waals surface area contributed by atoms with E-state index in [1.54, 1.807) is 0 Å². The molecule has 18 heavy (non-hydrogen) atoms. The number of nitrogens with two attached hydrogens (primary N) is 1. The number of hydrogen-bond acceptors (Lipinski definition) is 4. The van der Waals surface area contributed by atoms with Gasteiger partial charge in [0.25, 0.3) is 0 Å². The van der Waals surface area contributed by atoms with Gasteiger partial charge < -0.3 is 21.0 Å². The predicted molar refractivity (Wildman–Crippen MR) is 68.4 cm³/mol. The van der Waals surface area contributed by atoms with Crippen LogP contribution in [0.15, 0.2) is 5.16 Å². The SMILES string of the molecule is CCCOCCCNC(=O)C1(C(N)=NO)CCC1. The van der Waals surface area contributed by atoms with Gasteiger partial charge in [-0.2, -0.15) is 0 Å². The molecule has 4 N–H and O–H groups in total. The van der Waals surface area contributed by atoms with E-state index < -0.39 is 5.41 Å². The molecule has 0 heterocycles. The molecular weight excluding hydrogens is 234 g/mol. The molecule has 0 aromatic heterocycles. The number of nitrogens with zero attached hydrogens (tertiary/aromatic N) is 1.